The minimum absolute atomic E-state index is 0.253. The number of nitrogens with zero attached hydrogens (tertiary/aromatic N) is 2. The number of benzene rings is 2. The predicted molar refractivity (Wildman–Crippen MR) is 103 cm³/mol. The maximum Gasteiger partial charge on any atom is 0.270 e. The summed E-state index contributed by atoms with van der Waals surface area (Å²) in [7, 11) is 0. The number of halogens is 2. The fraction of sp³-hybridized carbons (Fsp3) is 0.150. The van der Waals surface area contributed by atoms with Crippen LogP contribution in [-0.4, -0.2) is 22.4 Å². The number of carbonyl (C=O) groups is 1. The number of carbonyl (C=O) groups excluding carboxylic acids is 1. The van der Waals surface area contributed by atoms with Crippen molar-refractivity contribution in [3.63, 3.8) is 0 Å². The van der Waals surface area contributed by atoms with Crippen molar-refractivity contribution in [1.82, 2.24) is 15.3 Å². The molecule has 3 rings (SSSR count). The zero-order chi connectivity index (χ0) is 19.1. The molecule has 0 saturated carbocycles. The van der Waals surface area contributed by atoms with Crippen LogP contribution in [0.4, 0.5) is 10.2 Å². The average molecular weight is 385 g/mol. The highest BCUT2D eigenvalue weighted by Gasteiger charge is 2.08. The molecule has 0 aliphatic heterocycles. The number of rotatable bonds is 7. The van der Waals surface area contributed by atoms with Crippen molar-refractivity contribution >= 4 is 23.3 Å². The Balaban J connectivity index is 1.52. The third-order valence-corrected chi connectivity index (χ3v) is 4.15. The Morgan fingerprint density at radius 2 is 1.70 bits per heavy atom. The van der Waals surface area contributed by atoms with E-state index in [0.717, 1.165) is 11.1 Å². The minimum Gasteiger partial charge on any atom is -0.370 e. The van der Waals surface area contributed by atoms with Crippen LogP contribution in [-0.2, 0) is 13.0 Å². The zero-order valence-electron chi connectivity index (χ0n) is 14.5. The molecule has 0 radical (unpaired) electrons. The maximum absolute atomic E-state index is 12.9. The number of anilines is 1. The van der Waals surface area contributed by atoms with E-state index in [1.807, 2.05) is 12.1 Å². The Hall–Kier alpha value is -2.99. The second-order valence-corrected chi connectivity index (χ2v) is 6.34. The lowest BCUT2D eigenvalue weighted by atomic mass is 10.1. The number of amides is 1. The van der Waals surface area contributed by atoms with Gasteiger partial charge in [-0.05, 0) is 41.8 Å². The summed E-state index contributed by atoms with van der Waals surface area (Å²) in [5.74, 6) is 0.0226. The van der Waals surface area contributed by atoms with Gasteiger partial charge in [-0.3, -0.25) is 4.79 Å². The van der Waals surface area contributed by atoms with E-state index in [2.05, 4.69) is 20.6 Å². The van der Waals surface area contributed by atoms with Gasteiger partial charge in [0.15, 0.2) is 0 Å². The van der Waals surface area contributed by atoms with Gasteiger partial charge in [-0.1, -0.05) is 35.9 Å². The fourth-order valence-electron chi connectivity index (χ4n) is 2.44. The van der Waals surface area contributed by atoms with Gasteiger partial charge in [-0.25, -0.2) is 14.4 Å². The molecule has 7 heteroatoms. The molecule has 1 amide bonds. The van der Waals surface area contributed by atoms with Gasteiger partial charge in [0.25, 0.3) is 5.91 Å². The van der Waals surface area contributed by atoms with Gasteiger partial charge >= 0.3 is 0 Å². The molecule has 1 heterocycles. The first-order chi connectivity index (χ1) is 13.1. The van der Waals surface area contributed by atoms with Crippen LogP contribution in [0, 0.1) is 5.82 Å². The first-order valence-electron chi connectivity index (χ1n) is 8.43. The third-order valence-electron chi connectivity index (χ3n) is 3.90. The number of hydrogen-bond donors (Lipinski definition) is 2. The van der Waals surface area contributed by atoms with E-state index in [1.54, 1.807) is 30.3 Å². The molecule has 0 bridgehead atoms. The van der Waals surface area contributed by atoms with Crippen molar-refractivity contribution < 1.29 is 9.18 Å². The van der Waals surface area contributed by atoms with Gasteiger partial charge in [-0.2, -0.15) is 0 Å². The SMILES string of the molecule is O=C(NCc1ccc(Cl)cc1)c1cc(NCCc2ccc(F)cc2)ncn1. The van der Waals surface area contributed by atoms with Crippen molar-refractivity contribution in [2.45, 2.75) is 13.0 Å². The van der Waals surface area contributed by atoms with Crippen LogP contribution in [0.25, 0.3) is 0 Å². The summed E-state index contributed by atoms with van der Waals surface area (Å²) in [5, 5.41) is 6.61. The predicted octanol–water partition coefficient (Wildman–Crippen LogP) is 3.85. The Bertz CT molecular complexity index is 901. The second-order valence-electron chi connectivity index (χ2n) is 5.90. The molecule has 3 aromatic rings. The summed E-state index contributed by atoms with van der Waals surface area (Å²) in [4.78, 5) is 20.4. The summed E-state index contributed by atoms with van der Waals surface area (Å²) in [5.41, 5.74) is 2.24. The van der Waals surface area contributed by atoms with Crippen molar-refractivity contribution in [3.05, 3.63) is 88.6 Å². The number of hydrogen-bond acceptors (Lipinski definition) is 4. The molecule has 0 spiro atoms. The van der Waals surface area contributed by atoms with Crippen LogP contribution in [0.2, 0.25) is 5.02 Å². The number of aromatic nitrogens is 2. The molecule has 0 fully saturated rings. The first-order valence-corrected chi connectivity index (χ1v) is 8.81. The van der Waals surface area contributed by atoms with E-state index < -0.39 is 0 Å². The van der Waals surface area contributed by atoms with Gasteiger partial charge < -0.3 is 10.6 Å². The zero-order valence-corrected chi connectivity index (χ0v) is 15.2. The molecule has 2 N–H and O–H groups in total. The number of nitrogens with one attached hydrogen (secondary N) is 2. The Kier molecular flexibility index (Phi) is 6.33. The van der Waals surface area contributed by atoms with Gasteiger partial charge in [0.05, 0.1) is 0 Å². The van der Waals surface area contributed by atoms with Gasteiger partial charge in [0.2, 0.25) is 0 Å². The monoisotopic (exact) mass is 384 g/mol. The Morgan fingerprint density at radius 1 is 1.00 bits per heavy atom. The Morgan fingerprint density at radius 3 is 2.44 bits per heavy atom. The van der Waals surface area contributed by atoms with Crippen LogP contribution in [0.3, 0.4) is 0 Å². The molecule has 5 nitrogen and oxygen atoms in total. The van der Waals surface area contributed by atoms with E-state index >= 15 is 0 Å². The topological polar surface area (TPSA) is 66.9 Å². The fourth-order valence-corrected chi connectivity index (χ4v) is 2.57. The van der Waals surface area contributed by atoms with Crippen LogP contribution >= 0.6 is 11.6 Å². The van der Waals surface area contributed by atoms with Gasteiger partial charge in [0.1, 0.15) is 23.7 Å². The summed E-state index contributed by atoms with van der Waals surface area (Å²) >= 11 is 5.85. The normalized spacial score (nSPS) is 10.4. The summed E-state index contributed by atoms with van der Waals surface area (Å²) in [6.45, 7) is 0.988. The molecular formula is C20H18ClFN4O. The molecule has 27 heavy (non-hydrogen) atoms. The lowest BCUT2D eigenvalue weighted by Crippen LogP contribution is -2.24. The summed E-state index contributed by atoms with van der Waals surface area (Å²) < 4.78 is 12.9. The molecule has 0 unspecified atom stereocenters. The Labute approximate surface area is 161 Å². The molecule has 1 aromatic heterocycles. The molecule has 2 aromatic carbocycles. The largest absolute Gasteiger partial charge is 0.370 e. The van der Waals surface area contributed by atoms with E-state index in [0.29, 0.717) is 30.4 Å². The minimum atomic E-state index is -0.283. The van der Waals surface area contributed by atoms with Crippen LogP contribution in [0.15, 0.2) is 60.9 Å². The molecular weight excluding hydrogens is 367 g/mol. The van der Waals surface area contributed by atoms with Crippen LogP contribution < -0.4 is 10.6 Å². The van der Waals surface area contributed by atoms with E-state index in [1.165, 1.54) is 18.5 Å². The highest BCUT2D eigenvalue weighted by atomic mass is 35.5. The van der Waals surface area contributed by atoms with Crippen LogP contribution in [0.1, 0.15) is 21.6 Å². The van der Waals surface area contributed by atoms with Crippen molar-refractivity contribution in [2.75, 3.05) is 11.9 Å². The molecule has 0 aliphatic carbocycles. The highest BCUT2D eigenvalue weighted by Crippen LogP contribution is 2.10. The van der Waals surface area contributed by atoms with Crippen LogP contribution in [0.5, 0.6) is 0 Å². The molecule has 0 saturated heterocycles. The van der Waals surface area contributed by atoms with Crippen molar-refractivity contribution in [2.24, 2.45) is 0 Å². The lowest BCUT2D eigenvalue weighted by molar-refractivity contribution is 0.0946. The van der Waals surface area contributed by atoms with Gasteiger partial charge in [0, 0.05) is 24.2 Å². The molecule has 0 atom stereocenters. The second kappa shape index (κ2) is 9.09. The van der Waals surface area contributed by atoms with E-state index in [9.17, 15) is 9.18 Å². The highest BCUT2D eigenvalue weighted by molar-refractivity contribution is 6.30. The van der Waals surface area contributed by atoms with Crippen molar-refractivity contribution in [1.29, 1.82) is 0 Å². The van der Waals surface area contributed by atoms with Gasteiger partial charge in [-0.15, -0.1) is 0 Å². The smallest absolute Gasteiger partial charge is 0.270 e. The summed E-state index contributed by atoms with van der Waals surface area (Å²) in [6, 6.07) is 15.2. The average Bonchev–Trinajstić information content (AvgIpc) is 2.69. The summed E-state index contributed by atoms with van der Waals surface area (Å²) in [6.07, 6.45) is 2.06. The first kappa shape index (κ1) is 18.8. The molecule has 138 valence electrons. The van der Waals surface area contributed by atoms with E-state index in [-0.39, 0.29) is 17.4 Å². The van der Waals surface area contributed by atoms with E-state index in [4.69, 9.17) is 11.6 Å². The molecule has 0 aliphatic rings. The van der Waals surface area contributed by atoms with Crippen molar-refractivity contribution in [3.8, 4) is 0 Å². The quantitative estimate of drug-likeness (QED) is 0.649. The maximum atomic E-state index is 12.9. The lowest BCUT2D eigenvalue weighted by Gasteiger charge is -2.08. The standard InChI is InChI=1S/C20H18ClFN4O/c21-16-5-1-15(2-6-16)12-24-20(27)18-11-19(26-13-25-18)23-10-9-14-3-7-17(22)8-4-14/h1-8,11,13H,9-10,12H2,(H,24,27)(H,23,25,26). The third kappa shape index (κ3) is 5.76.